The Labute approximate surface area is 133 Å². The first-order valence-corrected chi connectivity index (χ1v) is 7.16. The minimum Gasteiger partial charge on any atom is -0.376 e. The van der Waals surface area contributed by atoms with E-state index < -0.39 is 0 Å². The summed E-state index contributed by atoms with van der Waals surface area (Å²) in [5.41, 5.74) is 1.68. The van der Waals surface area contributed by atoms with Gasteiger partial charge in [-0.3, -0.25) is 4.79 Å². The van der Waals surface area contributed by atoms with E-state index in [4.69, 9.17) is 16.3 Å². The SMILES string of the molecule is C=CCOCCNC(=O)c1nnn(-c2cccc(Cl)c2)c1C. The Morgan fingerprint density at radius 2 is 2.36 bits per heavy atom. The number of nitrogens with one attached hydrogen (secondary N) is 1. The van der Waals surface area contributed by atoms with E-state index in [-0.39, 0.29) is 11.6 Å². The monoisotopic (exact) mass is 320 g/mol. The zero-order chi connectivity index (χ0) is 15.9. The molecular weight excluding hydrogens is 304 g/mol. The van der Waals surface area contributed by atoms with Crippen LogP contribution in [0.25, 0.3) is 5.69 Å². The fraction of sp³-hybridized carbons (Fsp3) is 0.267. The number of aromatic nitrogens is 3. The molecule has 0 radical (unpaired) electrons. The quantitative estimate of drug-likeness (QED) is 0.627. The summed E-state index contributed by atoms with van der Waals surface area (Å²) in [7, 11) is 0. The first kappa shape index (κ1) is 16.2. The molecule has 1 heterocycles. The summed E-state index contributed by atoms with van der Waals surface area (Å²) in [6.07, 6.45) is 1.66. The Morgan fingerprint density at radius 1 is 1.55 bits per heavy atom. The van der Waals surface area contributed by atoms with Crippen molar-refractivity contribution in [2.75, 3.05) is 19.8 Å². The van der Waals surface area contributed by atoms with Crippen LogP contribution in [0.2, 0.25) is 5.02 Å². The van der Waals surface area contributed by atoms with Crippen LogP contribution in [-0.4, -0.2) is 40.7 Å². The minimum atomic E-state index is -0.284. The van der Waals surface area contributed by atoms with E-state index in [0.717, 1.165) is 5.69 Å². The van der Waals surface area contributed by atoms with Crippen molar-refractivity contribution in [1.82, 2.24) is 20.3 Å². The zero-order valence-corrected chi connectivity index (χ0v) is 13.0. The summed E-state index contributed by atoms with van der Waals surface area (Å²) in [5.74, 6) is -0.284. The number of carbonyl (C=O) groups is 1. The third-order valence-electron chi connectivity index (χ3n) is 2.93. The van der Waals surface area contributed by atoms with Crippen LogP contribution in [-0.2, 0) is 4.74 Å². The van der Waals surface area contributed by atoms with Gasteiger partial charge < -0.3 is 10.1 Å². The molecule has 0 saturated carbocycles. The van der Waals surface area contributed by atoms with Crippen LogP contribution >= 0.6 is 11.6 Å². The fourth-order valence-electron chi connectivity index (χ4n) is 1.88. The largest absolute Gasteiger partial charge is 0.376 e. The predicted octanol–water partition coefficient (Wildman–Crippen LogP) is 2.16. The summed E-state index contributed by atoms with van der Waals surface area (Å²) >= 11 is 5.96. The van der Waals surface area contributed by atoms with Crippen LogP contribution in [0.15, 0.2) is 36.9 Å². The van der Waals surface area contributed by atoms with Gasteiger partial charge in [0.15, 0.2) is 5.69 Å². The van der Waals surface area contributed by atoms with Crippen molar-refractivity contribution >= 4 is 17.5 Å². The highest BCUT2D eigenvalue weighted by Gasteiger charge is 2.16. The van der Waals surface area contributed by atoms with Gasteiger partial charge in [0.2, 0.25) is 0 Å². The Hall–Kier alpha value is -2.18. The highest BCUT2D eigenvalue weighted by atomic mass is 35.5. The van der Waals surface area contributed by atoms with Crippen molar-refractivity contribution in [3.05, 3.63) is 53.3 Å². The van der Waals surface area contributed by atoms with Gasteiger partial charge in [-0.2, -0.15) is 0 Å². The molecule has 22 heavy (non-hydrogen) atoms. The second kappa shape index (κ2) is 7.72. The molecule has 1 amide bonds. The average Bonchev–Trinajstić information content (AvgIpc) is 2.88. The molecule has 2 aromatic rings. The van der Waals surface area contributed by atoms with Gasteiger partial charge in [0.05, 0.1) is 24.6 Å². The lowest BCUT2D eigenvalue weighted by atomic mass is 10.3. The standard InChI is InChI=1S/C15H17ClN4O2/c1-3-8-22-9-7-17-15(21)14-11(2)20(19-18-14)13-6-4-5-12(16)10-13/h3-6,10H,1,7-9H2,2H3,(H,17,21). The Bertz CT molecular complexity index is 669. The first-order chi connectivity index (χ1) is 10.6. The number of carbonyl (C=O) groups excluding carboxylic acids is 1. The second-order valence-electron chi connectivity index (χ2n) is 4.53. The lowest BCUT2D eigenvalue weighted by Gasteiger charge is -2.05. The molecule has 0 aliphatic carbocycles. The molecule has 7 heteroatoms. The van der Waals surface area contributed by atoms with E-state index in [1.807, 2.05) is 12.1 Å². The van der Waals surface area contributed by atoms with Gasteiger partial charge in [0, 0.05) is 11.6 Å². The number of amides is 1. The van der Waals surface area contributed by atoms with Crippen molar-refractivity contribution in [2.45, 2.75) is 6.92 Å². The number of benzene rings is 1. The first-order valence-electron chi connectivity index (χ1n) is 6.78. The normalized spacial score (nSPS) is 10.5. The number of halogens is 1. The molecule has 0 spiro atoms. The van der Waals surface area contributed by atoms with Crippen LogP contribution < -0.4 is 5.32 Å². The number of nitrogens with zero attached hydrogens (tertiary/aromatic N) is 3. The van der Waals surface area contributed by atoms with E-state index in [2.05, 4.69) is 22.2 Å². The third-order valence-corrected chi connectivity index (χ3v) is 3.17. The van der Waals surface area contributed by atoms with Gasteiger partial charge in [0.1, 0.15) is 0 Å². The van der Waals surface area contributed by atoms with Gasteiger partial charge >= 0.3 is 0 Å². The van der Waals surface area contributed by atoms with Crippen LogP contribution in [0.3, 0.4) is 0 Å². The van der Waals surface area contributed by atoms with Crippen molar-refractivity contribution in [3.63, 3.8) is 0 Å². The summed E-state index contributed by atoms with van der Waals surface area (Å²) in [6.45, 7) is 6.60. The van der Waals surface area contributed by atoms with Crippen LogP contribution in [0, 0.1) is 6.92 Å². The molecule has 0 atom stereocenters. The molecular formula is C15H17ClN4O2. The Balaban J connectivity index is 2.04. The highest BCUT2D eigenvalue weighted by Crippen LogP contribution is 2.16. The topological polar surface area (TPSA) is 69.0 Å². The summed E-state index contributed by atoms with van der Waals surface area (Å²) in [5, 5.41) is 11.3. The summed E-state index contributed by atoms with van der Waals surface area (Å²) in [6, 6.07) is 7.19. The Kier molecular flexibility index (Phi) is 5.68. The highest BCUT2D eigenvalue weighted by molar-refractivity contribution is 6.30. The minimum absolute atomic E-state index is 0.281. The molecule has 1 N–H and O–H groups in total. The number of hydrogen-bond donors (Lipinski definition) is 1. The fourth-order valence-corrected chi connectivity index (χ4v) is 2.06. The number of ether oxygens (including phenoxy) is 1. The van der Waals surface area contributed by atoms with Gasteiger partial charge in [-0.1, -0.05) is 29.0 Å². The van der Waals surface area contributed by atoms with E-state index in [9.17, 15) is 4.79 Å². The van der Waals surface area contributed by atoms with Crippen molar-refractivity contribution < 1.29 is 9.53 Å². The maximum Gasteiger partial charge on any atom is 0.273 e. The van der Waals surface area contributed by atoms with Crippen molar-refractivity contribution in [1.29, 1.82) is 0 Å². The van der Waals surface area contributed by atoms with E-state index in [1.165, 1.54) is 0 Å². The third kappa shape index (κ3) is 3.93. The second-order valence-corrected chi connectivity index (χ2v) is 4.97. The maximum atomic E-state index is 12.1. The molecule has 1 aromatic heterocycles. The molecule has 0 bridgehead atoms. The van der Waals surface area contributed by atoms with Crippen LogP contribution in [0.4, 0.5) is 0 Å². The molecule has 0 unspecified atom stereocenters. The van der Waals surface area contributed by atoms with E-state index >= 15 is 0 Å². The molecule has 6 nitrogen and oxygen atoms in total. The summed E-state index contributed by atoms with van der Waals surface area (Å²) in [4.78, 5) is 12.1. The maximum absolute atomic E-state index is 12.1. The number of rotatable bonds is 7. The van der Waals surface area contributed by atoms with Crippen LogP contribution in [0.1, 0.15) is 16.2 Å². The van der Waals surface area contributed by atoms with Crippen molar-refractivity contribution in [2.24, 2.45) is 0 Å². The van der Waals surface area contributed by atoms with Crippen molar-refractivity contribution in [3.8, 4) is 5.69 Å². The lowest BCUT2D eigenvalue weighted by molar-refractivity contribution is 0.0923. The number of hydrogen-bond acceptors (Lipinski definition) is 4. The van der Waals surface area contributed by atoms with Gasteiger partial charge in [-0.25, -0.2) is 4.68 Å². The summed E-state index contributed by atoms with van der Waals surface area (Å²) < 4.78 is 6.78. The predicted molar refractivity (Wildman–Crippen MR) is 84.5 cm³/mol. The van der Waals surface area contributed by atoms with Gasteiger partial charge in [-0.05, 0) is 25.1 Å². The molecule has 2 rings (SSSR count). The van der Waals surface area contributed by atoms with Crippen LogP contribution in [0.5, 0.6) is 0 Å². The molecule has 0 aliphatic heterocycles. The van der Waals surface area contributed by atoms with E-state index in [0.29, 0.717) is 30.5 Å². The lowest BCUT2D eigenvalue weighted by Crippen LogP contribution is -2.28. The van der Waals surface area contributed by atoms with E-state index in [1.54, 1.807) is 29.8 Å². The van der Waals surface area contributed by atoms with Gasteiger partial charge in [0.25, 0.3) is 5.91 Å². The molecule has 116 valence electrons. The molecule has 0 fully saturated rings. The molecule has 1 aromatic carbocycles. The molecule has 0 saturated heterocycles. The zero-order valence-electron chi connectivity index (χ0n) is 12.3. The smallest absolute Gasteiger partial charge is 0.273 e. The van der Waals surface area contributed by atoms with Gasteiger partial charge in [-0.15, -0.1) is 11.7 Å². The Morgan fingerprint density at radius 3 is 3.09 bits per heavy atom. The average molecular weight is 321 g/mol. The molecule has 0 aliphatic rings.